The third kappa shape index (κ3) is 6.81. The van der Waals surface area contributed by atoms with Crippen molar-refractivity contribution in [2.75, 3.05) is 58.5 Å². The Morgan fingerprint density at radius 3 is 2.58 bits per heavy atom. The fraction of sp³-hybridized carbons (Fsp3) is 0.613. The van der Waals surface area contributed by atoms with Crippen LogP contribution in [-0.2, 0) is 20.8 Å². The zero-order valence-electron chi connectivity index (χ0n) is 23.0. The number of nitrogens with zero attached hydrogens (tertiary/aromatic N) is 1. The Balaban J connectivity index is 1.30. The highest BCUT2D eigenvalue weighted by Crippen LogP contribution is 2.36. The number of methoxy groups -OCH3 is 2. The maximum atomic E-state index is 6.77. The van der Waals surface area contributed by atoms with Crippen molar-refractivity contribution in [1.82, 2.24) is 5.32 Å². The molecular weight excluding hydrogens is 480 g/mol. The molecule has 2 fully saturated rings. The van der Waals surface area contributed by atoms with Crippen molar-refractivity contribution in [3.05, 3.63) is 53.6 Å². The lowest BCUT2D eigenvalue weighted by Crippen LogP contribution is -2.51. The quantitative estimate of drug-likeness (QED) is 0.419. The molecule has 208 valence electrons. The van der Waals surface area contributed by atoms with Crippen molar-refractivity contribution in [3.8, 4) is 11.5 Å². The van der Waals surface area contributed by atoms with Crippen molar-refractivity contribution < 1.29 is 23.7 Å². The van der Waals surface area contributed by atoms with E-state index in [1.807, 2.05) is 12.1 Å². The molecule has 3 aliphatic rings. The van der Waals surface area contributed by atoms with Gasteiger partial charge in [0, 0.05) is 39.3 Å². The van der Waals surface area contributed by atoms with Gasteiger partial charge in [-0.25, -0.2) is 0 Å². The van der Waals surface area contributed by atoms with Gasteiger partial charge in [0.2, 0.25) is 0 Å². The molecule has 7 nitrogen and oxygen atoms in total. The van der Waals surface area contributed by atoms with E-state index in [9.17, 15) is 0 Å². The van der Waals surface area contributed by atoms with Crippen LogP contribution in [0.25, 0.3) is 0 Å². The molecule has 7 heteroatoms. The van der Waals surface area contributed by atoms with E-state index in [-0.39, 0.29) is 18.1 Å². The highest BCUT2D eigenvalue weighted by atomic mass is 16.5. The molecule has 1 aliphatic carbocycles. The van der Waals surface area contributed by atoms with E-state index in [2.05, 4.69) is 40.5 Å². The Kier molecular flexibility index (Phi) is 9.79. The highest BCUT2D eigenvalue weighted by Gasteiger charge is 2.37. The lowest BCUT2D eigenvalue weighted by atomic mass is 9.84. The molecule has 0 spiro atoms. The second-order valence-electron chi connectivity index (χ2n) is 10.7. The first-order valence-corrected chi connectivity index (χ1v) is 14.4. The molecule has 2 aromatic rings. The van der Waals surface area contributed by atoms with E-state index in [4.69, 9.17) is 23.7 Å². The summed E-state index contributed by atoms with van der Waals surface area (Å²) in [5.74, 6) is 1.99. The zero-order chi connectivity index (χ0) is 26.2. The summed E-state index contributed by atoms with van der Waals surface area (Å²) < 4.78 is 30.1. The molecule has 2 aromatic carbocycles. The van der Waals surface area contributed by atoms with Crippen LogP contribution >= 0.6 is 0 Å². The normalized spacial score (nSPS) is 24.1. The summed E-state index contributed by atoms with van der Waals surface area (Å²) >= 11 is 0. The predicted molar refractivity (Wildman–Crippen MR) is 150 cm³/mol. The Morgan fingerprint density at radius 1 is 0.974 bits per heavy atom. The number of piperidine rings is 1. The number of rotatable bonds is 11. The van der Waals surface area contributed by atoms with Gasteiger partial charge in [-0.1, -0.05) is 37.5 Å². The fourth-order valence-electron chi connectivity index (χ4n) is 6.10. The van der Waals surface area contributed by atoms with Gasteiger partial charge in [-0.3, -0.25) is 0 Å². The van der Waals surface area contributed by atoms with Gasteiger partial charge in [-0.15, -0.1) is 0 Å². The number of fused-ring (bicyclic) bond motifs is 1. The van der Waals surface area contributed by atoms with Crippen LogP contribution < -0.4 is 19.7 Å². The smallest absolute Gasteiger partial charge is 0.142 e. The number of hydrogen-bond acceptors (Lipinski definition) is 7. The summed E-state index contributed by atoms with van der Waals surface area (Å²) in [5, 5.41) is 3.60. The molecule has 2 aliphatic heterocycles. The third-order valence-electron chi connectivity index (χ3n) is 8.14. The van der Waals surface area contributed by atoms with Crippen LogP contribution in [-0.4, -0.2) is 71.9 Å². The van der Waals surface area contributed by atoms with Crippen molar-refractivity contribution in [1.29, 1.82) is 0 Å². The fourth-order valence-corrected chi connectivity index (χ4v) is 6.10. The van der Waals surface area contributed by atoms with Gasteiger partial charge >= 0.3 is 0 Å². The van der Waals surface area contributed by atoms with E-state index in [0.29, 0.717) is 12.7 Å². The molecule has 0 amide bonds. The van der Waals surface area contributed by atoms with Gasteiger partial charge < -0.3 is 33.9 Å². The minimum absolute atomic E-state index is 0.0100. The van der Waals surface area contributed by atoms with Gasteiger partial charge in [0.25, 0.3) is 0 Å². The number of hydrogen-bond donors (Lipinski definition) is 1. The van der Waals surface area contributed by atoms with E-state index in [0.717, 1.165) is 81.4 Å². The van der Waals surface area contributed by atoms with Gasteiger partial charge in [-0.05, 0) is 54.7 Å². The average Bonchev–Trinajstić information content (AvgIpc) is 2.97. The number of benzene rings is 2. The predicted octanol–water partition coefficient (Wildman–Crippen LogP) is 4.92. The number of ether oxygens (including phenoxy) is 5. The lowest BCUT2D eigenvalue weighted by molar-refractivity contribution is -0.0932. The topological polar surface area (TPSA) is 61.4 Å². The van der Waals surface area contributed by atoms with Crippen LogP contribution in [0.15, 0.2) is 42.5 Å². The Hall–Kier alpha value is -2.32. The van der Waals surface area contributed by atoms with Crippen molar-refractivity contribution in [2.24, 2.45) is 0 Å². The summed E-state index contributed by atoms with van der Waals surface area (Å²) in [6.45, 7) is 5.54. The Morgan fingerprint density at radius 2 is 1.79 bits per heavy atom. The molecule has 1 saturated heterocycles. The highest BCUT2D eigenvalue weighted by molar-refractivity contribution is 5.61. The molecule has 3 atom stereocenters. The molecule has 2 heterocycles. The first-order chi connectivity index (χ1) is 18.7. The number of nitrogens with one attached hydrogen (secondary N) is 1. The maximum Gasteiger partial charge on any atom is 0.142 e. The molecule has 0 unspecified atom stereocenters. The van der Waals surface area contributed by atoms with Gasteiger partial charge in [0.15, 0.2) is 0 Å². The average molecular weight is 525 g/mol. The Bertz CT molecular complexity index is 994. The minimum Gasteiger partial charge on any atom is -0.497 e. The third-order valence-corrected chi connectivity index (χ3v) is 8.14. The molecule has 0 aromatic heterocycles. The lowest BCUT2D eigenvalue weighted by Gasteiger charge is -2.41. The van der Waals surface area contributed by atoms with Crippen LogP contribution in [0.4, 0.5) is 5.69 Å². The molecule has 1 N–H and O–H groups in total. The largest absolute Gasteiger partial charge is 0.497 e. The van der Waals surface area contributed by atoms with Gasteiger partial charge in [0.1, 0.15) is 18.1 Å². The molecule has 0 radical (unpaired) electrons. The zero-order valence-corrected chi connectivity index (χ0v) is 23.0. The first kappa shape index (κ1) is 27.3. The summed E-state index contributed by atoms with van der Waals surface area (Å²) in [4.78, 5) is 2.40. The SMILES string of the molecule is COCCCN1CCOc2ccc(CO[C@H]3CNC[C@@H](OC4CCCCC4)[C@@H]3c3ccc(OC)cc3)cc21. The summed E-state index contributed by atoms with van der Waals surface area (Å²) in [7, 11) is 3.47. The van der Waals surface area contributed by atoms with Gasteiger partial charge in [-0.2, -0.15) is 0 Å². The van der Waals surface area contributed by atoms with Crippen LogP contribution in [0, 0.1) is 0 Å². The molecule has 0 bridgehead atoms. The van der Waals surface area contributed by atoms with E-state index >= 15 is 0 Å². The van der Waals surface area contributed by atoms with Crippen molar-refractivity contribution >= 4 is 5.69 Å². The van der Waals surface area contributed by atoms with Crippen LogP contribution in [0.3, 0.4) is 0 Å². The van der Waals surface area contributed by atoms with Crippen LogP contribution in [0.1, 0.15) is 55.6 Å². The van der Waals surface area contributed by atoms with Gasteiger partial charge in [0.05, 0.1) is 44.3 Å². The molecule has 5 rings (SSSR count). The second kappa shape index (κ2) is 13.7. The van der Waals surface area contributed by atoms with Crippen molar-refractivity contribution in [2.45, 2.75) is 69.4 Å². The molecule has 38 heavy (non-hydrogen) atoms. The minimum atomic E-state index is 0.0100. The summed E-state index contributed by atoms with van der Waals surface area (Å²) in [5.41, 5.74) is 3.57. The second-order valence-corrected chi connectivity index (χ2v) is 10.7. The van der Waals surface area contributed by atoms with E-state index in [1.165, 1.54) is 24.8 Å². The first-order valence-electron chi connectivity index (χ1n) is 14.4. The van der Waals surface area contributed by atoms with Crippen LogP contribution in [0.5, 0.6) is 11.5 Å². The van der Waals surface area contributed by atoms with Crippen molar-refractivity contribution in [3.63, 3.8) is 0 Å². The van der Waals surface area contributed by atoms with E-state index < -0.39 is 0 Å². The molecule has 1 saturated carbocycles. The Labute approximate surface area is 227 Å². The summed E-state index contributed by atoms with van der Waals surface area (Å²) in [6, 6.07) is 14.9. The standard InChI is InChI=1S/C31H44N2O5/c1-34-17-6-15-33-16-18-36-28-14-9-23(19-27(28)33)22-37-29-20-32-21-30(38-26-7-4-3-5-8-26)31(29)24-10-12-25(35-2)13-11-24/h9-14,19,26,29-32H,3-8,15-18,20-22H2,1-2H3/t29-,30+,31+/m0/s1. The van der Waals surface area contributed by atoms with Crippen LogP contribution in [0.2, 0.25) is 0 Å². The maximum absolute atomic E-state index is 6.77. The monoisotopic (exact) mass is 524 g/mol. The van der Waals surface area contributed by atoms with E-state index in [1.54, 1.807) is 14.2 Å². The number of anilines is 1. The molecular formula is C31H44N2O5. The summed E-state index contributed by atoms with van der Waals surface area (Å²) in [6.07, 6.45) is 7.62.